The van der Waals surface area contributed by atoms with Crippen molar-refractivity contribution >= 4 is 33.8 Å². The monoisotopic (exact) mass is 498 g/mol. The van der Waals surface area contributed by atoms with E-state index in [1.807, 2.05) is 50.2 Å². The Hall–Kier alpha value is -3.68. The number of aromatic nitrogens is 4. The van der Waals surface area contributed by atoms with Gasteiger partial charge in [-0.1, -0.05) is 12.1 Å². The van der Waals surface area contributed by atoms with Crippen molar-refractivity contribution < 1.29 is 9.53 Å². The highest BCUT2D eigenvalue weighted by atomic mass is 16.5. The summed E-state index contributed by atoms with van der Waals surface area (Å²) in [7, 11) is 0. The third-order valence-corrected chi connectivity index (χ3v) is 7.81. The van der Waals surface area contributed by atoms with Gasteiger partial charge in [0.2, 0.25) is 11.9 Å². The van der Waals surface area contributed by atoms with E-state index in [9.17, 15) is 4.79 Å². The highest BCUT2D eigenvalue weighted by Gasteiger charge is 2.33. The first-order valence-corrected chi connectivity index (χ1v) is 13.5. The van der Waals surface area contributed by atoms with E-state index in [2.05, 4.69) is 20.9 Å². The number of anilines is 1. The van der Waals surface area contributed by atoms with Crippen molar-refractivity contribution in [1.29, 1.82) is 0 Å². The Bertz CT molecular complexity index is 1390. The molecule has 0 spiro atoms. The molecule has 0 bridgehead atoms. The number of ether oxygens (including phenoxy) is 1. The van der Waals surface area contributed by atoms with Gasteiger partial charge in [0.1, 0.15) is 11.6 Å². The van der Waals surface area contributed by atoms with Crippen LogP contribution in [0.15, 0.2) is 42.5 Å². The summed E-state index contributed by atoms with van der Waals surface area (Å²) in [6.07, 6.45) is 3.77. The maximum absolute atomic E-state index is 13.5. The number of carbonyl (C=O) groups excluding carboxylic acids is 1. The van der Waals surface area contributed by atoms with Crippen LogP contribution in [-0.4, -0.2) is 63.5 Å². The molecule has 2 aliphatic rings. The van der Waals surface area contributed by atoms with E-state index in [0.717, 1.165) is 90.5 Å². The van der Waals surface area contributed by atoms with Crippen molar-refractivity contribution in [3.05, 3.63) is 54.0 Å². The number of carbonyl (C=O) groups is 1. The zero-order valence-corrected chi connectivity index (χ0v) is 21.6. The van der Waals surface area contributed by atoms with Gasteiger partial charge in [0, 0.05) is 37.5 Å². The first-order valence-electron chi connectivity index (χ1n) is 13.5. The highest BCUT2D eigenvalue weighted by molar-refractivity contribution is 5.84. The molecule has 192 valence electrons. The Balaban J connectivity index is 1.11. The van der Waals surface area contributed by atoms with Crippen molar-refractivity contribution in [3.63, 3.8) is 0 Å². The minimum Gasteiger partial charge on any atom is -0.494 e. The quantitative estimate of drug-likeness (QED) is 0.424. The second-order valence-electron chi connectivity index (χ2n) is 10.2. The summed E-state index contributed by atoms with van der Waals surface area (Å²) in [5.41, 5.74) is 3.94. The van der Waals surface area contributed by atoms with E-state index < -0.39 is 0 Å². The van der Waals surface area contributed by atoms with Crippen LogP contribution in [0.1, 0.15) is 50.0 Å². The number of hydrogen-bond donors (Lipinski definition) is 1. The third-order valence-electron chi connectivity index (χ3n) is 7.81. The largest absolute Gasteiger partial charge is 0.494 e. The lowest BCUT2D eigenvalue weighted by atomic mass is 9.92. The van der Waals surface area contributed by atoms with Crippen LogP contribution in [0.4, 0.5) is 5.95 Å². The maximum atomic E-state index is 13.5. The molecule has 2 fully saturated rings. The summed E-state index contributed by atoms with van der Waals surface area (Å²) in [5.74, 6) is 3.23. The summed E-state index contributed by atoms with van der Waals surface area (Å²) in [6.45, 7) is 7.74. The van der Waals surface area contributed by atoms with Gasteiger partial charge >= 0.3 is 0 Å². The Morgan fingerprint density at radius 2 is 1.86 bits per heavy atom. The second kappa shape index (κ2) is 10.00. The molecule has 8 nitrogen and oxygen atoms in total. The molecule has 1 N–H and O–H groups in total. The van der Waals surface area contributed by atoms with Crippen molar-refractivity contribution in [2.75, 3.05) is 37.7 Å². The summed E-state index contributed by atoms with van der Waals surface area (Å²) in [6, 6.07) is 14.1. The van der Waals surface area contributed by atoms with Gasteiger partial charge in [-0.2, -0.15) is 0 Å². The van der Waals surface area contributed by atoms with Crippen molar-refractivity contribution in [2.24, 2.45) is 5.92 Å². The number of likely N-dealkylation sites (tertiary alicyclic amines) is 1. The molecule has 2 aliphatic heterocycles. The van der Waals surface area contributed by atoms with Gasteiger partial charge in [-0.15, -0.1) is 0 Å². The van der Waals surface area contributed by atoms with E-state index in [1.54, 1.807) is 0 Å². The maximum Gasteiger partial charge on any atom is 0.227 e. The van der Waals surface area contributed by atoms with Gasteiger partial charge in [-0.05, 0) is 69.9 Å². The van der Waals surface area contributed by atoms with Crippen LogP contribution in [0.3, 0.4) is 0 Å². The molecule has 8 heteroatoms. The number of H-pyrrole nitrogens is 1. The van der Waals surface area contributed by atoms with Crippen LogP contribution in [0, 0.1) is 12.8 Å². The summed E-state index contributed by atoms with van der Waals surface area (Å²) >= 11 is 0. The number of amides is 1. The summed E-state index contributed by atoms with van der Waals surface area (Å²) in [5, 5.41) is 1.01. The van der Waals surface area contributed by atoms with Gasteiger partial charge in [0.05, 0.1) is 34.8 Å². The lowest BCUT2D eigenvalue weighted by Gasteiger charge is -2.37. The zero-order chi connectivity index (χ0) is 25.4. The standard InChI is InChI=1S/C29H34N6O2/c1-3-37-22-10-11-24-23(17-22)19(2)30-29(33-24)35-14-6-7-21(18-35)28(36)34-15-12-20(13-16-34)27-31-25-8-4-5-9-26(25)32-27/h4-5,8-11,17,20-21H,3,6-7,12-16,18H2,1-2H3,(H,31,32)/t21-/m0/s1. The van der Waals surface area contributed by atoms with Crippen molar-refractivity contribution in [1.82, 2.24) is 24.8 Å². The first-order chi connectivity index (χ1) is 18.1. The predicted molar refractivity (Wildman–Crippen MR) is 145 cm³/mol. The Morgan fingerprint density at radius 1 is 1.03 bits per heavy atom. The van der Waals surface area contributed by atoms with Gasteiger partial charge in [-0.3, -0.25) is 4.79 Å². The number of nitrogens with zero attached hydrogens (tertiary/aromatic N) is 5. The van der Waals surface area contributed by atoms with Crippen molar-refractivity contribution in [2.45, 2.75) is 45.4 Å². The van der Waals surface area contributed by atoms with Crippen molar-refractivity contribution in [3.8, 4) is 5.75 Å². The Labute approximate surface area is 217 Å². The number of rotatable bonds is 5. The molecule has 1 amide bonds. The molecule has 37 heavy (non-hydrogen) atoms. The second-order valence-corrected chi connectivity index (χ2v) is 10.2. The highest BCUT2D eigenvalue weighted by Crippen LogP contribution is 2.31. The van der Waals surface area contributed by atoms with Crippen LogP contribution in [0.25, 0.3) is 21.9 Å². The molecule has 1 atom stereocenters. The molecular weight excluding hydrogens is 464 g/mol. The molecule has 2 aromatic carbocycles. The third kappa shape index (κ3) is 4.72. The number of imidazole rings is 1. The molecule has 0 radical (unpaired) electrons. The average molecular weight is 499 g/mol. The predicted octanol–water partition coefficient (Wildman–Crippen LogP) is 4.84. The minimum atomic E-state index is -0.0172. The van der Waals surface area contributed by atoms with Crippen LogP contribution in [0.2, 0.25) is 0 Å². The Kier molecular flexibility index (Phi) is 6.40. The minimum absolute atomic E-state index is 0.0172. The number of benzene rings is 2. The SMILES string of the molecule is CCOc1ccc2nc(N3CCC[C@H](C(=O)N4CCC(c5nc6ccccc6[nH]5)CC4)C3)nc(C)c2c1. The number of hydrogen-bond acceptors (Lipinski definition) is 6. The van der Waals surface area contributed by atoms with Crippen LogP contribution in [-0.2, 0) is 4.79 Å². The normalized spacial score (nSPS) is 19.0. The molecule has 2 aromatic heterocycles. The first kappa shape index (κ1) is 23.7. The number of aromatic amines is 1. The lowest BCUT2D eigenvalue weighted by molar-refractivity contribution is -0.136. The number of aryl methyl sites for hydroxylation is 1. The fraction of sp³-hybridized carbons (Fsp3) is 0.448. The molecule has 4 heterocycles. The molecule has 0 saturated carbocycles. The number of nitrogens with one attached hydrogen (secondary N) is 1. The average Bonchev–Trinajstić information content (AvgIpc) is 3.38. The molecular formula is C29H34N6O2. The Morgan fingerprint density at radius 3 is 2.68 bits per heavy atom. The number of fused-ring (bicyclic) bond motifs is 2. The summed E-state index contributed by atoms with van der Waals surface area (Å²) in [4.78, 5) is 35.7. The number of para-hydroxylation sites is 2. The van der Waals surface area contributed by atoms with Crippen LogP contribution >= 0.6 is 0 Å². The van der Waals surface area contributed by atoms with Crippen LogP contribution < -0.4 is 9.64 Å². The van der Waals surface area contributed by atoms with E-state index in [0.29, 0.717) is 19.1 Å². The van der Waals surface area contributed by atoms with E-state index in [4.69, 9.17) is 19.7 Å². The smallest absolute Gasteiger partial charge is 0.227 e. The van der Waals surface area contributed by atoms with Crippen LogP contribution in [0.5, 0.6) is 5.75 Å². The van der Waals surface area contributed by atoms with Gasteiger partial charge in [-0.25, -0.2) is 15.0 Å². The molecule has 2 saturated heterocycles. The lowest BCUT2D eigenvalue weighted by Crippen LogP contribution is -2.47. The fourth-order valence-corrected chi connectivity index (χ4v) is 5.80. The van der Waals surface area contributed by atoms with Gasteiger partial charge in [0.25, 0.3) is 0 Å². The molecule has 0 unspecified atom stereocenters. The van der Waals surface area contributed by atoms with Gasteiger partial charge in [0.15, 0.2) is 0 Å². The molecule has 6 rings (SSSR count). The van der Waals surface area contributed by atoms with E-state index >= 15 is 0 Å². The van der Waals surface area contributed by atoms with E-state index in [-0.39, 0.29) is 11.8 Å². The number of piperidine rings is 2. The fourth-order valence-electron chi connectivity index (χ4n) is 5.80. The molecule has 4 aromatic rings. The zero-order valence-electron chi connectivity index (χ0n) is 21.6. The van der Waals surface area contributed by atoms with E-state index in [1.165, 1.54) is 0 Å². The summed E-state index contributed by atoms with van der Waals surface area (Å²) < 4.78 is 5.65. The van der Waals surface area contributed by atoms with Gasteiger partial charge < -0.3 is 19.5 Å². The topological polar surface area (TPSA) is 87.2 Å². The molecule has 0 aliphatic carbocycles.